The zero-order valence-corrected chi connectivity index (χ0v) is 8.99. The second kappa shape index (κ2) is 4.94. The van der Waals surface area contributed by atoms with Crippen molar-refractivity contribution in [3.63, 3.8) is 0 Å². The van der Waals surface area contributed by atoms with Crippen LogP contribution in [0.1, 0.15) is 19.0 Å². The zero-order chi connectivity index (χ0) is 10.5. The molecule has 0 amide bonds. The van der Waals surface area contributed by atoms with Crippen LogP contribution in [0, 0.1) is 0 Å². The molecule has 0 saturated heterocycles. The Hall–Kier alpha value is -1.35. The van der Waals surface area contributed by atoms with Gasteiger partial charge in [0.05, 0.1) is 6.61 Å². The summed E-state index contributed by atoms with van der Waals surface area (Å²) in [5, 5.41) is 3.29. The fourth-order valence-corrected chi connectivity index (χ4v) is 1.74. The van der Waals surface area contributed by atoms with E-state index in [0.29, 0.717) is 6.61 Å². The highest BCUT2D eigenvalue weighted by atomic mass is 16.5. The van der Waals surface area contributed by atoms with E-state index in [2.05, 4.69) is 16.4 Å². The maximum absolute atomic E-state index is 5.57. The van der Waals surface area contributed by atoms with Gasteiger partial charge in [-0.2, -0.15) is 0 Å². The second-order valence-electron chi connectivity index (χ2n) is 3.47. The van der Waals surface area contributed by atoms with Gasteiger partial charge in [0, 0.05) is 12.7 Å². The van der Waals surface area contributed by atoms with E-state index in [1.807, 2.05) is 25.3 Å². The number of nitrogens with zero attached hydrogens (tertiary/aromatic N) is 1. The number of nitrogens with one attached hydrogen (secondary N) is 1. The summed E-state index contributed by atoms with van der Waals surface area (Å²) in [6, 6.07) is 3.89. The van der Waals surface area contributed by atoms with Gasteiger partial charge in [-0.25, -0.2) is 0 Å². The Bertz CT molecular complexity index is 360. The van der Waals surface area contributed by atoms with Crippen molar-refractivity contribution in [2.45, 2.75) is 13.3 Å². The smallest absolute Gasteiger partial charge is 0.145 e. The van der Waals surface area contributed by atoms with E-state index < -0.39 is 0 Å². The van der Waals surface area contributed by atoms with E-state index in [0.717, 1.165) is 31.0 Å². The molecule has 0 aliphatic carbocycles. The number of hydrogen-bond acceptors (Lipinski definition) is 3. The molecule has 2 rings (SSSR count). The van der Waals surface area contributed by atoms with Gasteiger partial charge in [0.25, 0.3) is 0 Å². The summed E-state index contributed by atoms with van der Waals surface area (Å²) in [4.78, 5) is 4.40. The van der Waals surface area contributed by atoms with Gasteiger partial charge in [0.15, 0.2) is 0 Å². The van der Waals surface area contributed by atoms with E-state index >= 15 is 0 Å². The normalized spacial score (nSPS) is 15.9. The zero-order valence-electron chi connectivity index (χ0n) is 8.99. The summed E-state index contributed by atoms with van der Waals surface area (Å²) in [7, 11) is 0. The fraction of sp³-hybridized carbons (Fsp3) is 0.417. The van der Waals surface area contributed by atoms with Gasteiger partial charge >= 0.3 is 0 Å². The van der Waals surface area contributed by atoms with Gasteiger partial charge in [0.1, 0.15) is 11.4 Å². The highest BCUT2D eigenvalue weighted by molar-refractivity contribution is 5.68. The lowest BCUT2D eigenvalue weighted by Gasteiger charge is -2.16. The van der Waals surface area contributed by atoms with Crippen LogP contribution in [0.2, 0.25) is 0 Å². The molecule has 3 heteroatoms. The SMILES string of the molecule is CCOc1cccnc1C1=CCNCC1. The third-order valence-corrected chi connectivity index (χ3v) is 2.44. The molecule has 0 spiro atoms. The Kier molecular flexibility index (Phi) is 3.35. The minimum atomic E-state index is 0.685. The van der Waals surface area contributed by atoms with E-state index in [1.54, 1.807) is 0 Å². The third kappa shape index (κ3) is 2.36. The summed E-state index contributed by atoms with van der Waals surface area (Å²) >= 11 is 0. The summed E-state index contributed by atoms with van der Waals surface area (Å²) < 4.78 is 5.57. The molecule has 3 nitrogen and oxygen atoms in total. The lowest BCUT2D eigenvalue weighted by Crippen LogP contribution is -2.20. The number of rotatable bonds is 3. The molecule has 1 aromatic rings. The topological polar surface area (TPSA) is 34.1 Å². The van der Waals surface area contributed by atoms with Gasteiger partial charge in [-0.15, -0.1) is 0 Å². The maximum Gasteiger partial charge on any atom is 0.145 e. The van der Waals surface area contributed by atoms with E-state index in [-0.39, 0.29) is 0 Å². The Morgan fingerprint density at radius 1 is 1.53 bits per heavy atom. The van der Waals surface area contributed by atoms with Crippen LogP contribution in [0.4, 0.5) is 0 Å². The molecule has 1 aliphatic heterocycles. The van der Waals surface area contributed by atoms with Crippen LogP contribution in [0.25, 0.3) is 5.57 Å². The van der Waals surface area contributed by atoms with Crippen LogP contribution >= 0.6 is 0 Å². The van der Waals surface area contributed by atoms with Crippen LogP contribution < -0.4 is 10.1 Å². The van der Waals surface area contributed by atoms with Gasteiger partial charge in [-0.1, -0.05) is 6.08 Å². The van der Waals surface area contributed by atoms with Crippen molar-refractivity contribution in [1.29, 1.82) is 0 Å². The fourth-order valence-electron chi connectivity index (χ4n) is 1.74. The molecule has 1 N–H and O–H groups in total. The molecule has 15 heavy (non-hydrogen) atoms. The van der Waals surface area contributed by atoms with Crippen molar-refractivity contribution >= 4 is 5.57 Å². The summed E-state index contributed by atoms with van der Waals surface area (Å²) in [5.74, 6) is 0.896. The molecule has 0 radical (unpaired) electrons. The molecule has 1 aromatic heterocycles. The number of ether oxygens (including phenoxy) is 1. The van der Waals surface area contributed by atoms with Crippen molar-refractivity contribution in [2.75, 3.05) is 19.7 Å². The Labute approximate surface area is 90.2 Å². The van der Waals surface area contributed by atoms with Crippen LogP contribution in [0.15, 0.2) is 24.4 Å². The van der Waals surface area contributed by atoms with E-state index in [1.165, 1.54) is 5.57 Å². The standard InChI is InChI=1S/C12H16N2O/c1-2-15-11-4-3-7-14-12(11)10-5-8-13-9-6-10/h3-5,7,13H,2,6,8-9H2,1H3. The molecule has 0 saturated carbocycles. The molecular formula is C12H16N2O. The largest absolute Gasteiger partial charge is 0.492 e. The van der Waals surface area contributed by atoms with Crippen LogP contribution in [-0.2, 0) is 0 Å². The molecule has 0 aromatic carbocycles. The van der Waals surface area contributed by atoms with E-state index in [4.69, 9.17) is 4.74 Å². The first kappa shape index (κ1) is 10.2. The van der Waals surface area contributed by atoms with Crippen molar-refractivity contribution in [2.24, 2.45) is 0 Å². The highest BCUT2D eigenvalue weighted by Gasteiger charge is 2.11. The second-order valence-corrected chi connectivity index (χ2v) is 3.47. The van der Waals surface area contributed by atoms with Gasteiger partial charge in [-0.3, -0.25) is 4.98 Å². The number of pyridine rings is 1. The molecular weight excluding hydrogens is 188 g/mol. The quantitative estimate of drug-likeness (QED) is 0.816. The van der Waals surface area contributed by atoms with Gasteiger partial charge < -0.3 is 10.1 Å². The van der Waals surface area contributed by atoms with Crippen LogP contribution in [0.5, 0.6) is 5.75 Å². The average Bonchev–Trinajstić information content (AvgIpc) is 2.31. The minimum absolute atomic E-state index is 0.685. The van der Waals surface area contributed by atoms with E-state index in [9.17, 15) is 0 Å². The molecule has 0 unspecified atom stereocenters. The van der Waals surface area contributed by atoms with Crippen molar-refractivity contribution < 1.29 is 4.74 Å². The molecule has 0 fully saturated rings. The Morgan fingerprint density at radius 3 is 3.20 bits per heavy atom. The first-order valence-electron chi connectivity index (χ1n) is 5.39. The predicted octanol–water partition coefficient (Wildman–Crippen LogP) is 1.86. The third-order valence-electron chi connectivity index (χ3n) is 2.44. The van der Waals surface area contributed by atoms with Crippen molar-refractivity contribution in [3.05, 3.63) is 30.1 Å². The minimum Gasteiger partial charge on any atom is -0.492 e. The van der Waals surface area contributed by atoms with Crippen LogP contribution in [0.3, 0.4) is 0 Å². The van der Waals surface area contributed by atoms with Crippen molar-refractivity contribution in [1.82, 2.24) is 10.3 Å². The van der Waals surface area contributed by atoms with Crippen molar-refractivity contribution in [3.8, 4) is 5.75 Å². The molecule has 0 atom stereocenters. The number of aromatic nitrogens is 1. The lowest BCUT2D eigenvalue weighted by molar-refractivity contribution is 0.337. The maximum atomic E-state index is 5.57. The molecule has 2 heterocycles. The average molecular weight is 204 g/mol. The first-order valence-corrected chi connectivity index (χ1v) is 5.39. The summed E-state index contributed by atoms with van der Waals surface area (Å²) in [5.41, 5.74) is 2.29. The Morgan fingerprint density at radius 2 is 2.47 bits per heavy atom. The molecule has 1 aliphatic rings. The molecule has 80 valence electrons. The number of hydrogen-bond donors (Lipinski definition) is 1. The molecule has 0 bridgehead atoms. The van der Waals surface area contributed by atoms with Gasteiger partial charge in [-0.05, 0) is 37.6 Å². The lowest BCUT2D eigenvalue weighted by atomic mass is 10.0. The van der Waals surface area contributed by atoms with Crippen LogP contribution in [-0.4, -0.2) is 24.7 Å². The monoisotopic (exact) mass is 204 g/mol. The highest BCUT2D eigenvalue weighted by Crippen LogP contribution is 2.26. The van der Waals surface area contributed by atoms with Gasteiger partial charge in [0.2, 0.25) is 0 Å². The summed E-state index contributed by atoms with van der Waals surface area (Å²) in [6.07, 6.45) is 5.03. The first-order chi connectivity index (χ1) is 7.42. The summed E-state index contributed by atoms with van der Waals surface area (Å²) in [6.45, 7) is 4.63. The Balaban J connectivity index is 2.29. The predicted molar refractivity (Wildman–Crippen MR) is 60.9 cm³/mol.